The highest BCUT2D eigenvalue weighted by Crippen LogP contribution is 2.29. The van der Waals surface area contributed by atoms with Gasteiger partial charge in [0, 0.05) is 17.1 Å². The number of nitrogens with one attached hydrogen (secondary N) is 1. The zero-order valence-electron chi connectivity index (χ0n) is 11.5. The summed E-state index contributed by atoms with van der Waals surface area (Å²) in [6, 6.07) is 3.93. The van der Waals surface area contributed by atoms with Gasteiger partial charge in [-0.15, -0.1) is 5.10 Å². The lowest BCUT2D eigenvalue weighted by atomic mass is 10.2. The molecule has 4 aromatic rings. The van der Waals surface area contributed by atoms with Crippen molar-refractivity contribution in [2.45, 2.75) is 6.43 Å². The highest BCUT2D eigenvalue weighted by atomic mass is 19.3. The second kappa shape index (κ2) is 4.70. The number of hydrogen-bond donors (Lipinski definition) is 2. The molecule has 4 aromatic heterocycles. The SMILES string of the molecule is Nc1nc(-c2c[nH]c3ncc(F)cc23)nn2c(C(F)F)ccc12. The van der Waals surface area contributed by atoms with Crippen molar-refractivity contribution in [2.24, 2.45) is 0 Å². The number of nitrogens with zero attached hydrogens (tertiary/aromatic N) is 4. The van der Waals surface area contributed by atoms with E-state index in [1.165, 1.54) is 24.4 Å². The number of H-pyrrole nitrogens is 1. The van der Waals surface area contributed by atoms with Gasteiger partial charge in [-0.1, -0.05) is 0 Å². The minimum Gasteiger partial charge on any atom is -0.382 e. The molecule has 0 saturated heterocycles. The second-order valence-electron chi connectivity index (χ2n) is 4.93. The number of anilines is 1. The van der Waals surface area contributed by atoms with Crippen LogP contribution in [-0.4, -0.2) is 24.6 Å². The number of aromatic amines is 1. The Hall–Kier alpha value is -3.10. The second-order valence-corrected chi connectivity index (χ2v) is 4.93. The maximum atomic E-state index is 13.4. The molecular weight excluding hydrogens is 309 g/mol. The summed E-state index contributed by atoms with van der Waals surface area (Å²) < 4.78 is 40.6. The van der Waals surface area contributed by atoms with Crippen LogP contribution in [0.2, 0.25) is 0 Å². The largest absolute Gasteiger partial charge is 0.382 e. The lowest BCUT2D eigenvalue weighted by Crippen LogP contribution is -2.05. The number of fused-ring (bicyclic) bond motifs is 2. The Balaban J connectivity index is 2.00. The molecule has 23 heavy (non-hydrogen) atoms. The molecule has 0 aliphatic carbocycles. The normalized spacial score (nSPS) is 11.8. The lowest BCUT2D eigenvalue weighted by Gasteiger charge is -2.05. The Morgan fingerprint density at radius 1 is 1.26 bits per heavy atom. The molecule has 0 aliphatic heterocycles. The maximum absolute atomic E-state index is 13.4. The van der Waals surface area contributed by atoms with Gasteiger partial charge in [-0.3, -0.25) is 0 Å². The average Bonchev–Trinajstić information content (AvgIpc) is 3.10. The molecule has 0 aliphatic rings. The summed E-state index contributed by atoms with van der Waals surface area (Å²) in [6.07, 6.45) is -0.104. The smallest absolute Gasteiger partial charge is 0.280 e. The van der Waals surface area contributed by atoms with Gasteiger partial charge in [0.15, 0.2) is 11.6 Å². The standard InChI is InChI=1S/C14H9F3N6/c15-6-3-7-8(5-20-13(7)19-4-6)14-21-12(18)10-2-1-9(11(16)17)23(10)22-14/h1-5,11H,(H,19,20)(H2,18,21,22). The van der Waals surface area contributed by atoms with Crippen molar-refractivity contribution in [2.75, 3.05) is 5.73 Å². The summed E-state index contributed by atoms with van der Waals surface area (Å²) in [6.45, 7) is 0. The number of rotatable bonds is 2. The van der Waals surface area contributed by atoms with Gasteiger partial charge in [0.05, 0.1) is 6.20 Å². The van der Waals surface area contributed by atoms with Crippen molar-refractivity contribution in [3.8, 4) is 11.4 Å². The summed E-state index contributed by atoms with van der Waals surface area (Å²) in [5.74, 6) is -0.367. The highest BCUT2D eigenvalue weighted by molar-refractivity contribution is 5.91. The first kappa shape index (κ1) is 13.6. The first-order chi connectivity index (χ1) is 11.0. The van der Waals surface area contributed by atoms with E-state index < -0.39 is 12.2 Å². The van der Waals surface area contributed by atoms with Crippen molar-refractivity contribution in [3.63, 3.8) is 0 Å². The van der Waals surface area contributed by atoms with Gasteiger partial charge in [-0.2, -0.15) is 0 Å². The van der Waals surface area contributed by atoms with E-state index in [1.807, 2.05) is 0 Å². The van der Waals surface area contributed by atoms with Crippen molar-refractivity contribution < 1.29 is 13.2 Å². The zero-order chi connectivity index (χ0) is 16.1. The van der Waals surface area contributed by atoms with E-state index in [1.54, 1.807) is 0 Å². The molecule has 116 valence electrons. The van der Waals surface area contributed by atoms with Crippen molar-refractivity contribution >= 4 is 22.4 Å². The molecule has 6 nitrogen and oxygen atoms in total. The number of nitrogens with two attached hydrogens (primary N) is 1. The molecule has 0 atom stereocenters. The molecule has 0 aromatic carbocycles. The van der Waals surface area contributed by atoms with Crippen LogP contribution in [0.5, 0.6) is 0 Å². The third kappa shape index (κ3) is 2.00. The molecule has 9 heteroatoms. The predicted molar refractivity (Wildman–Crippen MR) is 77.4 cm³/mol. The summed E-state index contributed by atoms with van der Waals surface area (Å²) >= 11 is 0. The Morgan fingerprint density at radius 3 is 2.87 bits per heavy atom. The van der Waals surface area contributed by atoms with Crippen molar-refractivity contribution in [1.82, 2.24) is 24.6 Å². The van der Waals surface area contributed by atoms with Gasteiger partial charge in [0.25, 0.3) is 6.43 Å². The molecule has 0 amide bonds. The Bertz CT molecular complexity index is 1040. The van der Waals surface area contributed by atoms with E-state index in [0.717, 1.165) is 10.7 Å². The fourth-order valence-corrected chi connectivity index (χ4v) is 2.48. The van der Waals surface area contributed by atoms with Gasteiger partial charge >= 0.3 is 0 Å². The average molecular weight is 318 g/mol. The molecule has 0 saturated carbocycles. The molecule has 4 heterocycles. The summed E-state index contributed by atoms with van der Waals surface area (Å²) in [4.78, 5) is 10.9. The fraction of sp³-hybridized carbons (Fsp3) is 0.0714. The van der Waals surface area contributed by atoms with E-state index in [2.05, 4.69) is 20.1 Å². The zero-order valence-corrected chi connectivity index (χ0v) is 11.5. The van der Waals surface area contributed by atoms with Crippen LogP contribution < -0.4 is 5.73 Å². The van der Waals surface area contributed by atoms with Crippen LogP contribution in [0.15, 0.2) is 30.6 Å². The highest BCUT2D eigenvalue weighted by Gasteiger charge is 2.18. The molecule has 3 N–H and O–H groups in total. The number of aromatic nitrogens is 5. The molecule has 0 bridgehead atoms. The number of halogens is 3. The number of pyridine rings is 1. The van der Waals surface area contributed by atoms with E-state index in [-0.39, 0.29) is 22.9 Å². The minimum absolute atomic E-state index is 0.0561. The molecule has 0 unspecified atom stereocenters. The number of alkyl halides is 2. The van der Waals surface area contributed by atoms with Crippen LogP contribution in [0.25, 0.3) is 27.9 Å². The molecular formula is C14H9F3N6. The summed E-state index contributed by atoms with van der Waals surface area (Å²) in [7, 11) is 0. The minimum atomic E-state index is -2.71. The fourth-order valence-electron chi connectivity index (χ4n) is 2.48. The quantitative estimate of drug-likeness (QED) is 0.595. The van der Waals surface area contributed by atoms with Gasteiger partial charge in [-0.05, 0) is 18.2 Å². The van der Waals surface area contributed by atoms with Gasteiger partial charge in [0.1, 0.15) is 22.7 Å². The summed E-state index contributed by atoms with van der Waals surface area (Å²) in [5, 5.41) is 4.55. The summed E-state index contributed by atoms with van der Waals surface area (Å²) in [5.41, 5.74) is 6.69. The third-order valence-corrected chi connectivity index (χ3v) is 3.53. The van der Waals surface area contributed by atoms with Gasteiger partial charge in [-0.25, -0.2) is 27.7 Å². The van der Waals surface area contributed by atoms with Crippen LogP contribution in [0.3, 0.4) is 0 Å². The Morgan fingerprint density at radius 2 is 2.09 bits per heavy atom. The molecule has 4 rings (SSSR count). The molecule has 0 radical (unpaired) electrons. The molecule has 0 spiro atoms. The van der Waals surface area contributed by atoms with E-state index in [0.29, 0.717) is 16.6 Å². The first-order valence-corrected chi connectivity index (χ1v) is 6.61. The lowest BCUT2D eigenvalue weighted by molar-refractivity contribution is 0.144. The Kier molecular flexibility index (Phi) is 2.77. The van der Waals surface area contributed by atoms with E-state index in [9.17, 15) is 13.2 Å². The molecule has 0 fully saturated rings. The van der Waals surface area contributed by atoms with Gasteiger partial charge in [0.2, 0.25) is 0 Å². The van der Waals surface area contributed by atoms with Crippen LogP contribution in [-0.2, 0) is 0 Å². The number of hydrogen-bond acceptors (Lipinski definition) is 4. The van der Waals surface area contributed by atoms with Crippen LogP contribution in [0.1, 0.15) is 12.1 Å². The van der Waals surface area contributed by atoms with Crippen LogP contribution in [0, 0.1) is 5.82 Å². The number of nitrogen functional groups attached to an aromatic ring is 1. The van der Waals surface area contributed by atoms with Crippen LogP contribution in [0.4, 0.5) is 19.0 Å². The van der Waals surface area contributed by atoms with Crippen molar-refractivity contribution in [3.05, 3.63) is 42.1 Å². The maximum Gasteiger partial charge on any atom is 0.280 e. The van der Waals surface area contributed by atoms with E-state index >= 15 is 0 Å². The third-order valence-electron chi connectivity index (χ3n) is 3.53. The van der Waals surface area contributed by atoms with E-state index in [4.69, 9.17) is 5.73 Å². The monoisotopic (exact) mass is 318 g/mol. The Labute approximate surface area is 126 Å². The first-order valence-electron chi connectivity index (χ1n) is 6.61. The van der Waals surface area contributed by atoms with Crippen molar-refractivity contribution in [1.29, 1.82) is 0 Å². The van der Waals surface area contributed by atoms with Gasteiger partial charge < -0.3 is 10.7 Å². The topological polar surface area (TPSA) is 84.9 Å². The predicted octanol–water partition coefficient (Wildman–Crippen LogP) is 2.93. The van der Waals surface area contributed by atoms with Crippen LogP contribution >= 0.6 is 0 Å².